The van der Waals surface area contributed by atoms with E-state index in [2.05, 4.69) is 10.1 Å². The molecule has 0 spiro atoms. The zero-order valence-electron chi connectivity index (χ0n) is 18.5. The highest BCUT2D eigenvalue weighted by molar-refractivity contribution is 7.79. The zero-order chi connectivity index (χ0) is 24.3. The summed E-state index contributed by atoms with van der Waals surface area (Å²) in [6.07, 6.45) is 1.22. The highest BCUT2D eigenvalue weighted by Gasteiger charge is 2.45. The van der Waals surface area contributed by atoms with E-state index in [0.29, 0.717) is 35.3 Å². The number of benzene rings is 2. The third-order valence-electron chi connectivity index (χ3n) is 5.52. The Morgan fingerprint density at radius 1 is 1.24 bits per heavy atom. The summed E-state index contributed by atoms with van der Waals surface area (Å²) >= 11 is -2.29. The summed E-state index contributed by atoms with van der Waals surface area (Å²) in [7, 11) is 0. The molecule has 0 radical (unpaired) electrons. The normalized spacial score (nSPS) is 16.5. The molecule has 7 nitrogen and oxygen atoms in total. The second-order valence-corrected chi connectivity index (χ2v) is 9.24. The van der Waals surface area contributed by atoms with Crippen LogP contribution in [0.25, 0.3) is 0 Å². The van der Waals surface area contributed by atoms with Gasteiger partial charge in [-0.05, 0) is 56.2 Å². The summed E-state index contributed by atoms with van der Waals surface area (Å²) < 4.78 is 51.9. The number of rotatable bonds is 9. The van der Waals surface area contributed by atoms with Crippen LogP contribution in [0.1, 0.15) is 49.5 Å². The number of hydrogen-bond acceptors (Lipinski definition) is 5. The molecule has 33 heavy (non-hydrogen) atoms. The SMILES string of the molecule is CCCC(CS(=O)[O-])NC(=O)c1ccc2c(c1)C(C)(C)C(=O)N2c1cccc(OC(F)F)c1. The average molecular weight is 480 g/mol. The van der Waals surface area contributed by atoms with E-state index >= 15 is 0 Å². The molecule has 2 atom stereocenters. The summed E-state index contributed by atoms with van der Waals surface area (Å²) in [6.45, 7) is 2.34. The van der Waals surface area contributed by atoms with Gasteiger partial charge in [-0.15, -0.1) is 0 Å². The molecular formula is C23H25F2N2O5S-. The molecule has 2 amide bonds. The third kappa shape index (κ3) is 5.39. The number of fused-ring (bicyclic) bond motifs is 1. The number of ether oxygens (including phenoxy) is 1. The van der Waals surface area contributed by atoms with Crippen LogP contribution in [-0.2, 0) is 21.3 Å². The summed E-state index contributed by atoms with van der Waals surface area (Å²) in [5.74, 6) is -0.972. The maximum absolute atomic E-state index is 13.3. The Morgan fingerprint density at radius 3 is 2.61 bits per heavy atom. The fourth-order valence-corrected chi connectivity index (χ4v) is 4.49. The average Bonchev–Trinajstić information content (AvgIpc) is 2.93. The third-order valence-corrected chi connectivity index (χ3v) is 6.20. The molecule has 1 aliphatic rings. The van der Waals surface area contributed by atoms with Crippen molar-refractivity contribution in [1.29, 1.82) is 0 Å². The maximum atomic E-state index is 13.3. The number of nitrogens with one attached hydrogen (secondary N) is 1. The van der Waals surface area contributed by atoms with E-state index in [1.54, 1.807) is 38.1 Å². The van der Waals surface area contributed by atoms with Crippen molar-refractivity contribution in [2.75, 3.05) is 10.7 Å². The summed E-state index contributed by atoms with van der Waals surface area (Å²) in [4.78, 5) is 27.5. The van der Waals surface area contributed by atoms with Gasteiger partial charge in [-0.25, -0.2) is 0 Å². The van der Waals surface area contributed by atoms with Crippen LogP contribution in [0.4, 0.5) is 20.2 Å². The van der Waals surface area contributed by atoms with Crippen molar-refractivity contribution in [1.82, 2.24) is 5.32 Å². The van der Waals surface area contributed by atoms with Crippen molar-refractivity contribution >= 4 is 34.3 Å². The lowest BCUT2D eigenvalue weighted by atomic mass is 9.85. The van der Waals surface area contributed by atoms with E-state index in [4.69, 9.17) is 0 Å². The van der Waals surface area contributed by atoms with Gasteiger partial charge in [0.2, 0.25) is 5.91 Å². The predicted octanol–water partition coefficient (Wildman–Crippen LogP) is 4.02. The Hall–Kier alpha value is -2.85. The molecule has 10 heteroatoms. The van der Waals surface area contributed by atoms with Crippen LogP contribution in [0.2, 0.25) is 0 Å². The van der Waals surface area contributed by atoms with E-state index < -0.39 is 35.1 Å². The van der Waals surface area contributed by atoms with E-state index in [0.717, 1.165) is 0 Å². The first-order valence-electron chi connectivity index (χ1n) is 10.4. The molecule has 3 rings (SSSR count). The van der Waals surface area contributed by atoms with Gasteiger partial charge in [-0.3, -0.25) is 18.7 Å². The zero-order valence-corrected chi connectivity index (χ0v) is 19.3. The first-order chi connectivity index (χ1) is 15.5. The van der Waals surface area contributed by atoms with Crippen LogP contribution < -0.4 is 15.0 Å². The number of alkyl halides is 2. The largest absolute Gasteiger partial charge is 0.772 e. The van der Waals surface area contributed by atoms with Crippen molar-refractivity contribution in [3.8, 4) is 5.75 Å². The molecule has 0 fully saturated rings. The van der Waals surface area contributed by atoms with Gasteiger partial charge < -0.3 is 14.6 Å². The number of hydrogen-bond donors (Lipinski definition) is 1. The van der Waals surface area contributed by atoms with Crippen LogP contribution >= 0.6 is 0 Å². The minimum Gasteiger partial charge on any atom is -0.772 e. The molecular weight excluding hydrogens is 454 g/mol. The van der Waals surface area contributed by atoms with E-state index in [1.807, 2.05) is 6.92 Å². The molecule has 1 N–H and O–H groups in total. The summed E-state index contributed by atoms with van der Waals surface area (Å²) in [6, 6.07) is 10.1. The maximum Gasteiger partial charge on any atom is 0.387 e. The molecule has 1 heterocycles. The smallest absolute Gasteiger partial charge is 0.387 e. The highest BCUT2D eigenvalue weighted by Crippen LogP contribution is 2.46. The minimum atomic E-state index is -2.99. The van der Waals surface area contributed by atoms with Gasteiger partial charge in [0, 0.05) is 23.4 Å². The predicted molar refractivity (Wildman–Crippen MR) is 120 cm³/mol. The van der Waals surface area contributed by atoms with Crippen LogP contribution in [0, 0.1) is 0 Å². The van der Waals surface area contributed by atoms with Gasteiger partial charge in [0.25, 0.3) is 5.91 Å². The Labute approximate surface area is 193 Å². The highest BCUT2D eigenvalue weighted by atomic mass is 32.2. The Morgan fingerprint density at radius 2 is 1.97 bits per heavy atom. The lowest BCUT2D eigenvalue weighted by Crippen LogP contribution is -2.38. The van der Waals surface area contributed by atoms with Crippen molar-refractivity contribution in [2.45, 2.75) is 51.7 Å². The van der Waals surface area contributed by atoms with Gasteiger partial charge in [-0.2, -0.15) is 8.78 Å². The lowest BCUT2D eigenvalue weighted by Gasteiger charge is -2.21. The first-order valence-corrected chi connectivity index (χ1v) is 11.7. The number of carbonyl (C=O) groups is 2. The number of amides is 2. The van der Waals surface area contributed by atoms with E-state index in [1.165, 1.54) is 23.1 Å². The van der Waals surface area contributed by atoms with Crippen molar-refractivity contribution in [3.63, 3.8) is 0 Å². The number of anilines is 2. The summed E-state index contributed by atoms with van der Waals surface area (Å²) in [5, 5.41) is 2.75. The fraction of sp³-hybridized carbons (Fsp3) is 0.391. The second kappa shape index (κ2) is 9.96. The Bertz CT molecular complexity index is 1080. The van der Waals surface area contributed by atoms with Gasteiger partial charge in [0.05, 0.1) is 16.8 Å². The monoisotopic (exact) mass is 479 g/mol. The fourth-order valence-electron chi connectivity index (χ4n) is 3.91. The van der Waals surface area contributed by atoms with Crippen LogP contribution in [-0.4, -0.2) is 39.0 Å². The number of halogens is 2. The van der Waals surface area contributed by atoms with Crippen molar-refractivity contribution < 1.29 is 31.9 Å². The van der Waals surface area contributed by atoms with Gasteiger partial charge in [0.1, 0.15) is 5.75 Å². The molecule has 2 unspecified atom stereocenters. The van der Waals surface area contributed by atoms with Crippen LogP contribution in [0.15, 0.2) is 42.5 Å². The molecule has 0 saturated heterocycles. The molecule has 1 aliphatic heterocycles. The first kappa shape index (κ1) is 24.8. The molecule has 2 aromatic rings. The second-order valence-electron chi connectivity index (χ2n) is 8.30. The quantitative estimate of drug-likeness (QED) is 0.548. The molecule has 0 aliphatic carbocycles. The molecule has 178 valence electrons. The van der Waals surface area contributed by atoms with Crippen LogP contribution in [0.3, 0.4) is 0 Å². The van der Waals surface area contributed by atoms with E-state index in [9.17, 15) is 27.1 Å². The van der Waals surface area contributed by atoms with E-state index in [-0.39, 0.29) is 17.4 Å². The summed E-state index contributed by atoms with van der Waals surface area (Å²) in [5.41, 5.74) is 0.804. The molecule has 0 bridgehead atoms. The van der Waals surface area contributed by atoms with Crippen molar-refractivity contribution in [2.24, 2.45) is 0 Å². The Kier molecular flexibility index (Phi) is 7.48. The van der Waals surface area contributed by atoms with Crippen molar-refractivity contribution in [3.05, 3.63) is 53.6 Å². The topological polar surface area (TPSA) is 98.8 Å². The van der Waals surface area contributed by atoms with Gasteiger partial charge in [-0.1, -0.05) is 30.5 Å². The molecule has 0 saturated carbocycles. The Balaban J connectivity index is 1.93. The van der Waals surface area contributed by atoms with Gasteiger partial charge in [0.15, 0.2) is 0 Å². The molecule has 2 aromatic carbocycles. The van der Waals surface area contributed by atoms with Crippen LogP contribution in [0.5, 0.6) is 5.75 Å². The molecule has 0 aromatic heterocycles. The number of carbonyl (C=O) groups excluding carboxylic acids is 2. The minimum absolute atomic E-state index is 0.0738. The lowest BCUT2D eigenvalue weighted by molar-refractivity contribution is -0.121. The standard InChI is InChI=1S/C23H26F2N2O5S/c1-4-6-15(13-33(30)31)26-20(28)14-9-10-19-18(11-14)23(2,3)21(29)27(19)16-7-5-8-17(12-16)32-22(24)25/h5,7-12,15,22H,4,6,13H2,1-3H3,(H,26,28)(H,30,31)/p-1. The number of nitrogens with zero attached hydrogens (tertiary/aromatic N) is 1. The van der Waals surface area contributed by atoms with Gasteiger partial charge >= 0.3 is 6.61 Å².